The van der Waals surface area contributed by atoms with Crippen LogP contribution in [0.3, 0.4) is 0 Å². The van der Waals surface area contributed by atoms with Gasteiger partial charge in [0.05, 0.1) is 11.7 Å². The van der Waals surface area contributed by atoms with E-state index < -0.39 is 0 Å². The van der Waals surface area contributed by atoms with Gasteiger partial charge in [0.2, 0.25) is 0 Å². The molecule has 0 N–H and O–H groups in total. The highest BCUT2D eigenvalue weighted by Gasteiger charge is 1.89. The van der Waals surface area contributed by atoms with Gasteiger partial charge in [-0.05, 0) is 18.2 Å². The van der Waals surface area contributed by atoms with E-state index >= 15 is 0 Å². The van der Waals surface area contributed by atoms with Crippen molar-refractivity contribution in [2.24, 2.45) is 0 Å². The van der Waals surface area contributed by atoms with Gasteiger partial charge >= 0.3 is 0 Å². The molecule has 0 unspecified atom stereocenters. The Morgan fingerprint density at radius 1 is 1.00 bits per heavy atom. The number of pyridine rings is 1. The van der Waals surface area contributed by atoms with E-state index in [2.05, 4.69) is 15.2 Å². The van der Waals surface area contributed by atoms with Crippen LogP contribution in [0.15, 0.2) is 30.6 Å². The summed E-state index contributed by atoms with van der Waals surface area (Å²) in [6.07, 6.45) is 3.37. The van der Waals surface area contributed by atoms with Crippen molar-refractivity contribution >= 4 is 11.0 Å². The Labute approximate surface area is 57.7 Å². The highest BCUT2D eigenvalue weighted by atomic mass is 15.1. The lowest BCUT2D eigenvalue weighted by molar-refractivity contribution is 1.07. The predicted octanol–water partition coefficient (Wildman–Crippen LogP) is 1.02. The van der Waals surface area contributed by atoms with E-state index in [0.29, 0.717) is 0 Å². The van der Waals surface area contributed by atoms with Crippen molar-refractivity contribution in [3.8, 4) is 0 Å². The number of hydrogen-bond donors (Lipinski definition) is 0. The molecule has 0 amide bonds. The summed E-state index contributed by atoms with van der Waals surface area (Å²) >= 11 is 0. The minimum atomic E-state index is 0.838. The molecule has 10 heavy (non-hydrogen) atoms. The molecular formula is C7H5N3. The molecule has 0 spiro atoms. The van der Waals surface area contributed by atoms with Crippen LogP contribution in [-0.4, -0.2) is 15.2 Å². The lowest BCUT2D eigenvalue weighted by Gasteiger charge is -1.89. The van der Waals surface area contributed by atoms with Crippen molar-refractivity contribution in [2.45, 2.75) is 0 Å². The fraction of sp³-hybridized carbons (Fsp3) is 0. The monoisotopic (exact) mass is 131 g/mol. The molecule has 2 rings (SSSR count). The molecule has 48 valence electrons. The third-order valence-corrected chi connectivity index (χ3v) is 1.28. The van der Waals surface area contributed by atoms with Gasteiger partial charge in [0.1, 0.15) is 5.52 Å². The van der Waals surface area contributed by atoms with Crippen molar-refractivity contribution in [3.05, 3.63) is 30.6 Å². The number of hydrogen-bond acceptors (Lipinski definition) is 3. The van der Waals surface area contributed by atoms with Crippen LogP contribution in [-0.2, 0) is 0 Å². The van der Waals surface area contributed by atoms with Crippen LogP contribution >= 0.6 is 0 Å². The number of aromatic nitrogens is 3. The van der Waals surface area contributed by atoms with Gasteiger partial charge in [0.15, 0.2) is 0 Å². The van der Waals surface area contributed by atoms with Crippen LogP contribution in [0, 0.1) is 0 Å². The van der Waals surface area contributed by atoms with Crippen molar-refractivity contribution in [3.63, 3.8) is 0 Å². The second kappa shape index (κ2) is 2.02. The molecule has 0 bridgehead atoms. The molecule has 3 heteroatoms. The second-order valence-corrected chi connectivity index (χ2v) is 1.94. The molecule has 0 radical (unpaired) electrons. The van der Waals surface area contributed by atoms with E-state index in [0.717, 1.165) is 11.0 Å². The summed E-state index contributed by atoms with van der Waals surface area (Å²) in [5.41, 5.74) is 1.72. The standard InChI is InChI=1S/C7H5N3/c1-2-7-6(8-4-1)3-5-9-10-7/h1-5H. The summed E-state index contributed by atoms with van der Waals surface area (Å²) in [4.78, 5) is 4.08. The number of nitrogens with zero attached hydrogens (tertiary/aromatic N) is 3. The van der Waals surface area contributed by atoms with Crippen molar-refractivity contribution in [1.29, 1.82) is 0 Å². The van der Waals surface area contributed by atoms with Crippen molar-refractivity contribution in [1.82, 2.24) is 15.2 Å². The van der Waals surface area contributed by atoms with E-state index in [-0.39, 0.29) is 0 Å². The third-order valence-electron chi connectivity index (χ3n) is 1.28. The molecule has 0 aliphatic heterocycles. The smallest absolute Gasteiger partial charge is 0.111 e. The molecule has 0 atom stereocenters. The normalized spacial score (nSPS) is 10.0. The molecule has 0 aliphatic carbocycles. The summed E-state index contributed by atoms with van der Waals surface area (Å²) in [6.45, 7) is 0. The van der Waals surface area contributed by atoms with Gasteiger partial charge < -0.3 is 0 Å². The molecule has 0 aromatic carbocycles. The zero-order chi connectivity index (χ0) is 6.81. The first kappa shape index (κ1) is 5.29. The van der Waals surface area contributed by atoms with E-state index in [1.807, 2.05) is 18.2 Å². The maximum absolute atomic E-state index is 4.08. The average Bonchev–Trinajstić information content (AvgIpc) is 2.05. The van der Waals surface area contributed by atoms with Crippen molar-refractivity contribution in [2.75, 3.05) is 0 Å². The van der Waals surface area contributed by atoms with Gasteiger partial charge in [-0.25, -0.2) is 0 Å². The van der Waals surface area contributed by atoms with Gasteiger partial charge in [-0.2, -0.15) is 5.10 Å². The fourth-order valence-electron chi connectivity index (χ4n) is 0.821. The van der Waals surface area contributed by atoms with Crippen LogP contribution < -0.4 is 0 Å². The molecule has 2 heterocycles. The summed E-state index contributed by atoms with van der Waals surface area (Å²) in [5.74, 6) is 0. The topological polar surface area (TPSA) is 38.7 Å². The Bertz CT molecular complexity index is 280. The van der Waals surface area contributed by atoms with Crippen LogP contribution in [0.2, 0.25) is 0 Å². The SMILES string of the molecule is c1cnc2ccnnc2c1. The molecule has 0 saturated heterocycles. The largest absolute Gasteiger partial charge is 0.254 e. The van der Waals surface area contributed by atoms with Gasteiger partial charge in [0.25, 0.3) is 0 Å². The van der Waals surface area contributed by atoms with E-state index in [4.69, 9.17) is 0 Å². The van der Waals surface area contributed by atoms with Crippen LogP contribution in [0.1, 0.15) is 0 Å². The maximum atomic E-state index is 4.08. The fourth-order valence-corrected chi connectivity index (χ4v) is 0.821. The lowest BCUT2D eigenvalue weighted by Crippen LogP contribution is -1.82. The Kier molecular flexibility index (Phi) is 1.07. The first-order valence-corrected chi connectivity index (χ1v) is 2.99. The minimum Gasteiger partial charge on any atom is -0.254 e. The van der Waals surface area contributed by atoms with Gasteiger partial charge in [-0.1, -0.05) is 0 Å². The Balaban J connectivity index is 2.89. The lowest BCUT2D eigenvalue weighted by atomic mass is 10.3. The van der Waals surface area contributed by atoms with E-state index in [1.54, 1.807) is 12.4 Å². The Morgan fingerprint density at radius 2 is 2.00 bits per heavy atom. The zero-order valence-corrected chi connectivity index (χ0v) is 5.23. The third kappa shape index (κ3) is 0.719. The van der Waals surface area contributed by atoms with E-state index in [9.17, 15) is 0 Å². The maximum Gasteiger partial charge on any atom is 0.111 e. The van der Waals surface area contributed by atoms with Crippen LogP contribution in [0.4, 0.5) is 0 Å². The van der Waals surface area contributed by atoms with Gasteiger partial charge in [0, 0.05) is 6.20 Å². The molecule has 3 nitrogen and oxygen atoms in total. The molecule has 0 saturated carbocycles. The van der Waals surface area contributed by atoms with Crippen molar-refractivity contribution < 1.29 is 0 Å². The summed E-state index contributed by atoms with van der Waals surface area (Å²) in [6, 6.07) is 5.56. The van der Waals surface area contributed by atoms with E-state index in [1.165, 1.54) is 0 Å². The Morgan fingerprint density at radius 3 is 2.90 bits per heavy atom. The first-order chi connectivity index (χ1) is 4.97. The number of fused-ring (bicyclic) bond motifs is 1. The summed E-state index contributed by atoms with van der Waals surface area (Å²) in [7, 11) is 0. The number of rotatable bonds is 0. The van der Waals surface area contributed by atoms with Crippen LogP contribution in [0.25, 0.3) is 11.0 Å². The molecule has 0 fully saturated rings. The molecule has 2 aromatic heterocycles. The molecular weight excluding hydrogens is 126 g/mol. The summed E-state index contributed by atoms with van der Waals surface area (Å²) < 4.78 is 0. The second-order valence-electron chi connectivity index (χ2n) is 1.94. The molecule has 0 aliphatic rings. The highest BCUT2D eigenvalue weighted by Crippen LogP contribution is 2.02. The zero-order valence-electron chi connectivity index (χ0n) is 5.23. The van der Waals surface area contributed by atoms with Crippen LogP contribution in [0.5, 0.6) is 0 Å². The quantitative estimate of drug-likeness (QED) is 0.536. The first-order valence-electron chi connectivity index (χ1n) is 2.99. The molecule has 2 aromatic rings. The Hall–Kier alpha value is -1.51. The highest BCUT2D eigenvalue weighted by molar-refractivity contribution is 5.72. The van der Waals surface area contributed by atoms with Gasteiger partial charge in [-0.3, -0.25) is 4.98 Å². The average molecular weight is 131 g/mol. The predicted molar refractivity (Wildman–Crippen MR) is 37.3 cm³/mol. The van der Waals surface area contributed by atoms with Gasteiger partial charge in [-0.15, -0.1) is 5.10 Å². The summed E-state index contributed by atoms with van der Waals surface area (Å²) in [5, 5.41) is 7.59. The minimum absolute atomic E-state index is 0.838.